The molecule has 2 aromatic rings. The molecule has 2 aromatic carbocycles. The van der Waals surface area contributed by atoms with E-state index in [9.17, 15) is 9.18 Å². The maximum atomic E-state index is 13.5. The molecule has 2 atom stereocenters. The van der Waals surface area contributed by atoms with Gasteiger partial charge in [-0.3, -0.25) is 4.79 Å². The van der Waals surface area contributed by atoms with E-state index in [0.717, 1.165) is 5.56 Å². The van der Waals surface area contributed by atoms with Crippen LogP contribution in [0.15, 0.2) is 54.6 Å². The molecule has 0 heterocycles. The fraction of sp³-hybridized carbons (Fsp3) is 0.235. The van der Waals surface area contributed by atoms with E-state index in [2.05, 4.69) is 5.32 Å². The van der Waals surface area contributed by atoms with Crippen molar-refractivity contribution in [3.63, 3.8) is 0 Å². The SMILES string of the molecule is O=C(N[C@@H](c1ccccc1)c1cccc(F)c1)[C@@H]1CC1(Cl)Cl. The third-order valence-corrected chi connectivity index (χ3v) is 4.58. The van der Waals surface area contributed by atoms with Crippen molar-refractivity contribution >= 4 is 29.1 Å². The number of nitrogens with one attached hydrogen (secondary N) is 1. The van der Waals surface area contributed by atoms with Crippen molar-refractivity contribution in [2.75, 3.05) is 0 Å². The van der Waals surface area contributed by atoms with E-state index in [1.54, 1.807) is 12.1 Å². The highest BCUT2D eigenvalue weighted by atomic mass is 35.5. The van der Waals surface area contributed by atoms with Crippen molar-refractivity contribution in [2.45, 2.75) is 16.8 Å². The predicted octanol–water partition coefficient (Wildman–Crippen LogP) is 4.23. The average Bonchev–Trinajstić information content (AvgIpc) is 3.14. The molecule has 3 rings (SSSR count). The lowest BCUT2D eigenvalue weighted by Gasteiger charge is -2.20. The zero-order valence-electron chi connectivity index (χ0n) is 11.6. The van der Waals surface area contributed by atoms with Crippen LogP contribution in [0.2, 0.25) is 0 Å². The highest BCUT2D eigenvalue weighted by molar-refractivity contribution is 6.52. The van der Waals surface area contributed by atoms with Crippen LogP contribution in [-0.2, 0) is 4.79 Å². The molecular formula is C17H14Cl2FNO. The Kier molecular flexibility index (Phi) is 4.11. The number of carbonyl (C=O) groups is 1. The van der Waals surface area contributed by atoms with Crippen molar-refractivity contribution in [1.29, 1.82) is 0 Å². The lowest BCUT2D eigenvalue weighted by molar-refractivity contribution is -0.122. The number of hydrogen-bond donors (Lipinski definition) is 1. The number of halogens is 3. The summed E-state index contributed by atoms with van der Waals surface area (Å²) in [5.74, 6) is -0.984. The molecule has 0 saturated heterocycles. The molecule has 5 heteroatoms. The minimum atomic E-state index is -0.979. The van der Waals surface area contributed by atoms with Crippen LogP contribution in [0.25, 0.3) is 0 Å². The lowest BCUT2D eigenvalue weighted by Crippen LogP contribution is -2.31. The molecule has 1 aliphatic carbocycles. The lowest BCUT2D eigenvalue weighted by atomic mass is 9.98. The summed E-state index contributed by atoms with van der Waals surface area (Å²) in [5, 5.41) is 2.92. The monoisotopic (exact) mass is 337 g/mol. The van der Waals surface area contributed by atoms with E-state index in [0.29, 0.717) is 12.0 Å². The average molecular weight is 338 g/mol. The summed E-state index contributed by atoms with van der Waals surface area (Å²) < 4.78 is 12.5. The van der Waals surface area contributed by atoms with E-state index in [1.807, 2.05) is 30.3 Å². The summed E-state index contributed by atoms with van der Waals surface area (Å²) in [6, 6.07) is 15.2. The van der Waals surface area contributed by atoms with Gasteiger partial charge < -0.3 is 5.32 Å². The van der Waals surface area contributed by atoms with Crippen LogP contribution in [0.4, 0.5) is 4.39 Å². The summed E-state index contributed by atoms with van der Waals surface area (Å²) in [6.07, 6.45) is 0.437. The topological polar surface area (TPSA) is 29.1 Å². The Labute approximate surface area is 138 Å². The summed E-state index contributed by atoms with van der Waals surface area (Å²) in [6.45, 7) is 0. The van der Waals surface area contributed by atoms with Crippen LogP contribution in [0.5, 0.6) is 0 Å². The Morgan fingerprint density at radius 2 is 1.77 bits per heavy atom. The second-order valence-corrected chi connectivity index (χ2v) is 6.97. The standard InChI is InChI=1S/C17H14Cl2FNO/c18-17(19)10-14(17)16(22)21-15(11-5-2-1-3-6-11)12-7-4-8-13(20)9-12/h1-9,14-15H,10H2,(H,21,22)/t14-,15-/m0/s1. The minimum Gasteiger partial charge on any atom is -0.345 e. The first-order valence-electron chi connectivity index (χ1n) is 6.96. The van der Waals surface area contributed by atoms with Gasteiger partial charge in [0.25, 0.3) is 0 Å². The molecule has 1 amide bonds. The van der Waals surface area contributed by atoms with E-state index >= 15 is 0 Å². The number of alkyl halides is 2. The molecule has 0 spiro atoms. The number of carbonyl (C=O) groups excluding carboxylic acids is 1. The smallest absolute Gasteiger partial charge is 0.227 e. The van der Waals surface area contributed by atoms with Gasteiger partial charge in [-0.15, -0.1) is 23.2 Å². The van der Waals surface area contributed by atoms with Crippen LogP contribution in [0, 0.1) is 11.7 Å². The molecular weight excluding hydrogens is 324 g/mol. The fourth-order valence-corrected chi connectivity index (χ4v) is 2.94. The van der Waals surface area contributed by atoms with Gasteiger partial charge in [0.1, 0.15) is 10.2 Å². The number of hydrogen-bond acceptors (Lipinski definition) is 1. The first-order chi connectivity index (χ1) is 10.5. The molecule has 0 radical (unpaired) electrons. The molecule has 1 N–H and O–H groups in total. The predicted molar refractivity (Wildman–Crippen MR) is 85.4 cm³/mol. The summed E-state index contributed by atoms with van der Waals surface area (Å²) in [7, 11) is 0. The second-order valence-electron chi connectivity index (χ2n) is 5.43. The third-order valence-electron chi connectivity index (χ3n) is 3.74. The van der Waals surface area contributed by atoms with Gasteiger partial charge in [-0.25, -0.2) is 4.39 Å². The van der Waals surface area contributed by atoms with Crippen molar-refractivity contribution in [2.24, 2.45) is 5.92 Å². The van der Waals surface area contributed by atoms with Crippen molar-refractivity contribution in [3.05, 3.63) is 71.5 Å². The molecule has 1 fully saturated rings. The Morgan fingerprint density at radius 1 is 1.14 bits per heavy atom. The Bertz CT molecular complexity index is 690. The Hall–Kier alpha value is -1.58. The van der Waals surface area contributed by atoms with Gasteiger partial charge in [-0.05, 0) is 29.7 Å². The van der Waals surface area contributed by atoms with Gasteiger partial charge in [-0.2, -0.15) is 0 Å². The van der Waals surface area contributed by atoms with E-state index in [1.165, 1.54) is 12.1 Å². The van der Waals surface area contributed by atoms with Crippen molar-refractivity contribution in [1.82, 2.24) is 5.32 Å². The van der Waals surface area contributed by atoms with Crippen LogP contribution in [-0.4, -0.2) is 10.2 Å². The zero-order valence-corrected chi connectivity index (χ0v) is 13.1. The van der Waals surface area contributed by atoms with Crippen molar-refractivity contribution in [3.8, 4) is 0 Å². The van der Waals surface area contributed by atoms with Gasteiger partial charge in [0, 0.05) is 0 Å². The first kappa shape index (κ1) is 15.3. The summed E-state index contributed by atoms with van der Waals surface area (Å²) in [4.78, 5) is 12.3. The van der Waals surface area contributed by atoms with Crippen LogP contribution in [0.1, 0.15) is 23.6 Å². The Balaban J connectivity index is 1.89. The number of amides is 1. The Morgan fingerprint density at radius 3 is 2.36 bits per heavy atom. The molecule has 1 aliphatic rings. The maximum absolute atomic E-state index is 13.5. The summed E-state index contributed by atoms with van der Waals surface area (Å²) >= 11 is 11.9. The van der Waals surface area contributed by atoms with E-state index < -0.39 is 16.3 Å². The second kappa shape index (κ2) is 5.90. The number of rotatable bonds is 4. The van der Waals surface area contributed by atoms with Crippen LogP contribution >= 0.6 is 23.2 Å². The quantitative estimate of drug-likeness (QED) is 0.831. The normalized spacial score (nSPS) is 20.2. The molecule has 1 saturated carbocycles. The largest absolute Gasteiger partial charge is 0.345 e. The molecule has 0 aromatic heterocycles. The van der Waals surface area contributed by atoms with Crippen molar-refractivity contribution < 1.29 is 9.18 Å². The fourth-order valence-electron chi connectivity index (χ4n) is 2.43. The van der Waals surface area contributed by atoms with Crippen LogP contribution in [0.3, 0.4) is 0 Å². The molecule has 0 aliphatic heterocycles. The highest BCUT2D eigenvalue weighted by Crippen LogP contribution is 2.53. The molecule has 2 nitrogen and oxygen atoms in total. The van der Waals surface area contributed by atoms with Crippen LogP contribution < -0.4 is 5.32 Å². The molecule has 22 heavy (non-hydrogen) atoms. The summed E-state index contributed by atoms with van der Waals surface area (Å²) in [5.41, 5.74) is 1.55. The highest BCUT2D eigenvalue weighted by Gasteiger charge is 2.56. The molecule has 114 valence electrons. The van der Waals surface area contributed by atoms with Gasteiger partial charge >= 0.3 is 0 Å². The molecule has 0 bridgehead atoms. The number of benzene rings is 2. The third kappa shape index (κ3) is 3.26. The molecule has 0 unspecified atom stereocenters. The van der Waals surface area contributed by atoms with Gasteiger partial charge in [-0.1, -0.05) is 42.5 Å². The minimum absolute atomic E-state index is 0.219. The van der Waals surface area contributed by atoms with E-state index in [4.69, 9.17) is 23.2 Å². The van der Waals surface area contributed by atoms with Gasteiger partial charge in [0.15, 0.2) is 0 Å². The first-order valence-corrected chi connectivity index (χ1v) is 7.71. The van der Waals surface area contributed by atoms with E-state index in [-0.39, 0.29) is 11.7 Å². The van der Waals surface area contributed by atoms with Gasteiger partial charge in [0.05, 0.1) is 12.0 Å². The van der Waals surface area contributed by atoms with Gasteiger partial charge in [0.2, 0.25) is 5.91 Å². The maximum Gasteiger partial charge on any atom is 0.227 e. The zero-order chi connectivity index (χ0) is 15.7.